The Morgan fingerprint density at radius 3 is 2.69 bits per heavy atom. The van der Waals surface area contributed by atoms with Crippen molar-refractivity contribution in [2.45, 2.75) is 18.6 Å². The highest BCUT2D eigenvalue weighted by molar-refractivity contribution is 5.81. The Bertz CT molecular complexity index is 1090. The van der Waals surface area contributed by atoms with Gasteiger partial charge in [0.25, 0.3) is 0 Å². The Morgan fingerprint density at radius 2 is 1.90 bits per heavy atom. The van der Waals surface area contributed by atoms with E-state index in [9.17, 15) is 13.6 Å². The van der Waals surface area contributed by atoms with Gasteiger partial charge in [-0.2, -0.15) is 5.10 Å². The quantitative estimate of drug-likeness (QED) is 0.726. The molecule has 1 unspecified atom stereocenters. The van der Waals surface area contributed by atoms with Crippen LogP contribution < -0.4 is 4.74 Å². The number of ether oxygens (including phenoxy) is 1. The first-order valence-corrected chi connectivity index (χ1v) is 9.37. The second-order valence-corrected chi connectivity index (χ2v) is 7.25. The number of carbonyl (C=O) groups excluding carboxylic acids is 1. The second kappa shape index (κ2) is 6.88. The van der Waals surface area contributed by atoms with Gasteiger partial charge in [-0.3, -0.25) is 0 Å². The molecular weight excluding hydrogens is 378 g/mol. The van der Waals surface area contributed by atoms with Gasteiger partial charge in [0.1, 0.15) is 23.5 Å². The lowest BCUT2D eigenvalue weighted by Gasteiger charge is -2.41. The highest BCUT2D eigenvalue weighted by atomic mass is 19.1. The number of hydrogen-bond acceptors (Lipinski definition) is 3. The van der Waals surface area contributed by atoms with Crippen LogP contribution in [0.2, 0.25) is 0 Å². The van der Waals surface area contributed by atoms with Crippen molar-refractivity contribution in [2.24, 2.45) is 5.10 Å². The largest absolute Gasteiger partial charge is 0.487 e. The van der Waals surface area contributed by atoms with Gasteiger partial charge in [0, 0.05) is 36.5 Å². The van der Waals surface area contributed by atoms with Crippen LogP contribution in [-0.2, 0) is 0 Å². The molecule has 29 heavy (non-hydrogen) atoms. The minimum Gasteiger partial charge on any atom is -0.487 e. The summed E-state index contributed by atoms with van der Waals surface area (Å²) in [4.78, 5) is 17.6. The number of H-pyrrole nitrogens is 1. The van der Waals surface area contributed by atoms with Crippen molar-refractivity contribution in [1.29, 1.82) is 0 Å². The maximum atomic E-state index is 13.6. The van der Waals surface area contributed by atoms with Gasteiger partial charge in [-0.15, -0.1) is 0 Å². The van der Waals surface area contributed by atoms with Crippen LogP contribution in [0.1, 0.15) is 18.0 Å². The number of hydrogen-bond donors (Lipinski definition) is 1. The lowest BCUT2D eigenvalue weighted by atomic mass is 10.0. The summed E-state index contributed by atoms with van der Waals surface area (Å²) in [6, 6.07) is 10.3. The number of benzene rings is 2. The summed E-state index contributed by atoms with van der Waals surface area (Å²) in [6.45, 7) is 0.857. The number of fused-ring (bicyclic) bond motifs is 1. The molecule has 2 aliphatic rings. The van der Waals surface area contributed by atoms with E-state index in [2.05, 4.69) is 10.1 Å². The maximum Gasteiger partial charge on any atom is 0.341 e. The van der Waals surface area contributed by atoms with Gasteiger partial charge in [0.2, 0.25) is 0 Å². The van der Waals surface area contributed by atoms with Crippen LogP contribution in [0.5, 0.6) is 5.75 Å². The third kappa shape index (κ3) is 3.30. The summed E-state index contributed by atoms with van der Waals surface area (Å²) >= 11 is 0. The Hall–Kier alpha value is -3.42. The summed E-state index contributed by atoms with van der Waals surface area (Å²) in [7, 11) is 0. The monoisotopic (exact) mass is 396 g/mol. The number of aromatic amines is 1. The Kier molecular flexibility index (Phi) is 4.19. The minimum atomic E-state index is -0.671. The van der Waals surface area contributed by atoms with Gasteiger partial charge in [0.15, 0.2) is 0 Å². The third-order valence-corrected chi connectivity index (χ3v) is 5.24. The van der Waals surface area contributed by atoms with Gasteiger partial charge >= 0.3 is 6.03 Å². The fraction of sp³-hybridized carbons (Fsp3) is 0.238. The zero-order valence-corrected chi connectivity index (χ0v) is 15.4. The number of carbonyl (C=O) groups is 1. The Labute approximate surface area is 165 Å². The van der Waals surface area contributed by atoms with E-state index in [-0.39, 0.29) is 12.1 Å². The molecular formula is C21H18F2N4O2. The van der Waals surface area contributed by atoms with E-state index in [0.717, 1.165) is 22.7 Å². The van der Waals surface area contributed by atoms with E-state index in [1.165, 1.54) is 17.1 Å². The van der Waals surface area contributed by atoms with Crippen molar-refractivity contribution in [3.05, 3.63) is 65.9 Å². The normalized spacial score (nSPS) is 19.0. The molecule has 3 heterocycles. The molecule has 0 bridgehead atoms. The van der Waals surface area contributed by atoms with Crippen LogP contribution in [0.4, 0.5) is 13.6 Å². The molecule has 0 spiro atoms. The van der Waals surface area contributed by atoms with Crippen LogP contribution >= 0.6 is 0 Å². The van der Waals surface area contributed by atoms with E-state index in [4.69, 9.17) is 4.74 Å². The van der Waals surface area contributed by atoms with Crippen LogP contribution in [0.25, 0.3) is 10.9 Å². The number of likely N-dealkylation sites (tertiary alicyclic amines) is 1. The molecule has 3 aromatic rings. The van der Waals surface area contributed by atoms with Crippen LogP contribution in [0.15, 0.2) is 53.8 Å². The molecule has 1 N–H and O–H groups in total. The first-order chi connectivity index (χ1) is 14.1. The predicted octanol–water partition coefficient (Wildman–Crippen LogP) is 4.06. The molecule has 1 atom stereocenters. The molecule has 2 aliphatic heterocycles. The first-order valence-electron chi connectivity index (χ1n) is 9.37. The summed E-state index contributed by atoms with van der Waals surface area (Å²) < 4.78 is 33.1. The third-order valence-electron chi connectivity index (χ3n) is 5.24. The zero-order valence-electron chi connectivity index (χ0n) is 15.4. The van der Waals surface area contributed by atoms with Gasteiger partial charge in [0.05, 0.1) is 19.1 Å². The van der Waals surface area contributed by atoms with Gasteiger partial charge in [-0.25, -0.2) is 18.6 Å². The standard InChI is InChI=1S/C21H18F2N4O2/c22-15-7-14(8-16(23)9-15)20-4-6-25-27(20)21(28)26-11-18(12-26)29-17-2-1-13-3-5-24-19(13)10-17/h1-3,5-10,18,20,24H,4,11-12H2. The summed E-state index contributed by atoms with van der Waals surface area (Å²) in [5, 5.41) is 6.51. The average Bonchev–Trinajstić information content (AvgIpc) is 3.31. The van der Waals surface area contributed by atoms with Crippen LogP contribution in [0, 0.1) is 11.6 Å². The Balaban J connectivity index is 1.23. The van der Waals surface area contributed by atoms with Crippen molar-refractivity contribution in [3.8, 4) is 5.75 Å². The van der Waals surface area contributed by atoms with Gasteiger partial charge in [-0.05, 0) is 41.3 Å². The average molecular weight is 396 g/mol. The van der Waals surface area contributed by atoms with Gasteiger partial charge < -0.3 is 14.6 Å². The summed E-state index contributed by atoms with van der Waals surface area (Å²) in [6.07, 6.45) is 3.77. The highest BCUT2D eigenvalue weighted by Crippen LogP contribution is 2.31. The van der Waals surface area contributed by atoms with E-state index in [0.29, 0.717) is 25.1 Å². The van der Waals surface area contributed by atoms with E-state index < -0.39 is 17.7 Å². The molecule has 8 heteroatoms. The second-order valence-electron chi connectivity index (χ2n) is 7.25. The number of nitrogens with zero attached hydrogens (tertiary/aromatic N) is 3. The van der Waals surface area contributed by atoms with Crippen molar-refractivity contribution >= 4 is 23.1 Å². The van der Waals surface area contributed by atoms with E-state index in [1.54, 1.807) is 11.1 Å². The van der Waals surface area contributed by atoms with Crippen LogP contribution in [0.3, 0.4) is 0 Å². The number of halogens is 2. The van der Waals surface area contributed by atoms with Crippen molar-refractivity contribution in [1.82, 2.24) is 14.9 Å². The van der Waals surface area contributed by atoms with Gasteiger partial charge in [-0.1, -0.05) is 0 Å². The lowest BCUT2D eigenvalue weighted by molar-refractivity contribution is 0.0278. The fourth-order valence-corrected chi connectivity index (χ4v) is 3.75. The molecule has 0 aliphatic carbocycles. The summed E-state index contributed by atoms with van der Waals surface area (Å²) in [5.74, 6) is -0.601. The number of aromatic nitrogens is 1. The molecule has 0 radical (unpaired) electrons. The zero-order chi connectivity index (χ0) is 20.0. The topological polar surface area (TPSA) is 60.9 Å². The molecule has 5 rings (SSSR count). The molecule has 2 aromatic carbocycles. The van der Waals surface area contributed by atoms with E-state index >= 15 is 0 Å². The molecule has 0 saturated carbocycles. The number of hydrazone groups is 1. The molecule has 148 valence electrons. The predicted molar refractivity (Wildman–Crippen MR) is 104 cm³/mol. The van der Waals surface area contributed by atoms with Crippen LogP contribution in [-0.4, -0.2) is 46.3 Å². The molecule has 2 amide bonds. The Morgan fingerprint density at radius 1 is 1.10 bits per heavy atom. The number of urea groups is 1. The molecule has 1 aromatic heterocycles. The van der Waals surface area contributed by atoms with Crippen molar-refractivity contribution in [3.63, 3.8) is 0 Å². The molecule has 6 nitrogen and oxygen atoms in total. The maximum absolute atomic E-state index is 13.6. The summed E-state index contributed by atoms with van der Waals surface area (Å²) in [5.41, 5.74) is 1.38. The van der Waals surface area contributed by atoms with E-state index in [1.807, 2.05) is 30.5 Å². The lowest BCUT2D eigenvalue weighted by Crippen LogP contribution is -2.58. The molecule has 1 fully saturated rings. The number of rotatable bonds is 3. The minimum absolute atomic E-state index is 0.108. The van der Waals surface area contributed by atoms with Crippen molar-refractivity contribution in [2.75, 3.05) is 13.1 Å². The SMILES string of the molecule is O=C(N1CC(Oc2ccc3cc[nH]c3c2)C1)N1N=CCC1c1cc(F)cc(F)c1. The smallest absolute Gasteiger partial charge is 0.341 e. The first kappa shape index (κ1) is 17.7. The fourth-order valence-electron chi connectivity index (χ4n) is 3.75. The number of nitrogens with one attached hydrogen (secondary N) is 1. The molecule has 1 saturated heterocycles. The number of amides is 2. The van der Waals surface area contributed by atoms with Crippen molar-refractivity contribution < 1.29 is 18.3 Å². The highest BCUT2D eigenvalue weighted by Gasteiger charge is 2.39.